The average molecular weight is 138 g/mol. The summed E-state index contributed by atoms with van der Waals surface area (Å²) in [5, 5.41) is 3.53. The summed E-state index contributed by atoms with van der Waals surface area (Å²) in [7, 11) is 0. The highest BCUT2D eigenvalue weighted by atomic mass is 15.3. The van der Waals surface area contributed by atoms with E-state index in [2.05, 4.69) is 10.2 Å². The molecule has 1 aliphatic carbocycles. The van der Waals surface area contributed by atoms with E-state index in [0.29, 0.717) is 0 Å². The van der Waals surface area contributed by atoms with Gasteiger partial charge in [0.15, 0.2) is 0 Å². The van der Waals surface area contributed by atoms with Crippen molar-refractivity contribution in [1.82, 2.24) is 10.2 Å². The Kier molecular flexibility index (Phi) is 0.968. The smallest absolute Gasteiger partial charge is 0.0239 e. The first-order valence-electron chi connectivity index (χ1n) is 4.42. The summed E-state index contributed by atoms with van der Waals surface area (Å²) in [6, 6.07) is 2.76. The SMILES string of the molecule is C1CC1N1C[C@@H]2C[C@H]1CN2. The average Bonchev–Trinajstić information content (AvgIpc) is 2.60. The number of likely N-dealkylation sites (tertiary alicyclic amines) is 1. The van der Waals surface area contributed by atoms with Gasteiger partial charge in [0.2, 0.25) is 0 Å². The summed E-state index contributed by atoms with van der Waals surface area (Å²) >= 11 is 0. The summed E-state index contributed by atoms with van der Waals surface area (Å²) in [5.74, 6) is 0. The molecule has 0 spiro atoms. The third-order valence-electron chi connectivity index (χ3n) is 3.11. The molecule has 1 N–H and O–H groups in total. The Morgan fingerprint density at radius 3 is 2.60 bits per heavy atom. The van der Waals surface area contributed by atoms with Crippen LogP contribution < -0.4 is 5.32 Å². The predicted molar refractivity (Wildman–Crippen MR) is 39.9 cm³/mol. The van der Waals surface area contributed by atoms with Crippen molar-refractivity contribution < 1.29 is 0 Å². The molecule has 2 nitrogen and oxygen atoms in total. The molecule has 10 heavy (non-hydrogen) atoms. The van der Waals surface area contributed by atoms with Gasteiger partial charge in [0.25, 0.3) is 0 Å². The molecule has 3 fully saturated rings. The lowest BCUT2D eigenvalue weighted by Gasteiger charge is -2.26. The van der Waals surface area contributed by atoms with Crippen molar-refractivity contribution in [1.29, 1.82) is 0 Å². The Hall–Kier alpha value is -0.0800. The minimum absolute atomic E-state index is 0.852. The van der Waals surface area contributed by atoms with Gasteiger partial charge in [-0.15, -0.1) is 0 Å². The molecule has 1 saturated carbocycles. The molecule has 56 valence electrons. The van der Waals surface area contributed by atoms with E-state index in [1.165, 1.54) is 32.4 Å². The first-order valence-corrected chi connectivity index (χ1v) is 4.42. The van der Waals surface area contributed by atoms with Gasteiger partial charge in [-0.05, 0) is 19.3 Å². The van der Waals surface area contributed by atoms with Crippen LogP contribution in [-0.2, 0) is 0 Å². The summed E-state index contributed by atoms with van der Waals surface area (Å²) in [4.78, 5) is 2.72. The highest BCUT2D eigenvalue weighted by Gasteiger charge is 2.43. The van der Waals surface area contributed by atoms with E-state index in [1.54, 1.807) is 0 Å². The second-order valence-corrected chi connectivity index (χ2v) is 3.92. The number of rotatable bonds is 1. The van der Waals surface area contributed by atoms with Gasteiger partial charge in [-0.3, -0.25) is 4.90 Å². The second-order valence-electron chi connectivity index (χ2n) is 3.92. The van der Waals surface area contributed by atoms with Gasteiger partial charge in [0, 0.05) is 31.2 Å². The molecule has 2 saturated heterocycles. The zero-order valence-corrected chi connectivity index (χ0v) is 6.21. The van der Waals surface area contributed by atoms with Crippen molar-refractivity contribution in [3.05, 3.63) is 0 Å². The quantitative estimate of drug-likeness (QED) is 0.556. The van der Waals surface area contributed by atoms with Gasteiger partial charge in [-0.2, -0.15) is 0 Å². The normalized spacial score (nSPS) is 46.8. The molecule has 3 aliphatic rings. The molecule has 0 aromatic rings. The van der Waals surface area contributed by atoms with E-state index in [0.717, 1.165) is 18.1 Å². The molecular weight excluding hydrogens is 124 g/mol. The number of hydrogen-bond acceptors (Lipinski definition) is 2. The zero-order valence-electron chi connectivity index (χ0n) is 6.21. The number of hydrogen-bond donors (Lipinski definition) is 1. The Morgan fingerprint density at radius 1 is 1.20 bits per heavy atom. The molecule has 0 aromatic carbocycles. The maximum absolute atomic E-state index is 3.53. The van der Waals surface area contributed by atoms with Crippen LogP contribution in [0.1, 0.15) is 19.3 Å². The van der Waals surface area contributed by atoms with Crippen LogP contribution in [0.15, 0.2) is 0 Å². The summed E-state index contributed by atoms with van der Waals surface area (Å²) < 4.78 is 0. The summed E-state index contributed by atoms with van der Waals surface area (Å²) in [6.07, 6.45) is 4.38. The van der Waals surface area contributed by atoms with E-state index >= 15 is 0 Å². The fraction of sp³-hybridized carbons (Fsp3) is 1.00. The standard InChI is InChI=1S/C8H14N2/c1-2-7(1)10-5-6-3-8(10)4-9-6/h6-9H,1-5H2/t6-,8-/m0/s1. The van der Waals surface area contributed by atoms with Crippen LogP contribution in [-0.4, -0.2) is 36.1 Å². The molecule has 2 heteroatoms. The molecule has 0 amide bonds. The highest BCUT2D eigenvalue weighted by Crippen LogP contribution is 2.35. The number of fused-ring (bicyclic) bond motifs is 2. The van der Waals surface area contributed by atoms with Crippen molar-refractivity contribution >= 4 is 0 Å². The van der Waals surface area contributed by atoms with E-state index in [9.17, 15) is 0 Å². The van der Waals surface area contributed by atoms with E-state index in [4.69, 9.17) is 0 Å². The Labute approximate surface area is 61.6 Å². The number of nitrogens with one attached hydrogen (secondary N) is 1. The number of nitrogens with zero attached hydrogens (tertiary/aromatic N) is 1. The van der Waals surface area contributed by atoms with Crippen LogP contribution >= 0.6 is 0 Å². The first kappa shape index (κ1) is 5.56. The topological polar surface area (TPSA) is 15.3 Å². The van der Waals surface area contributed by atoms with E-state index in [1.807, 2.05) is 0 Å². The Morgan fingerprint density at radius 2 is 2.10 bits per heavy atom. The van der Waals surface area contributed by atoms with Crippen LogP contribution in [0, 0.1) is 0 Å². The van der Waals surface area contributed by atoms with Gasteiger partial charge in [-0.25, -0.2) is 0 Å². The van der Waals surface area contributed by atoms with Crippen molar-refractivity contribution in [3.8, 4) is 0 Å². The molecule has 2 bridgehead atoms. The van der Waals surface area contributed by atoms with Gasteiger partial charge in [0.1, 0.15) is 0 Å². The van der Waals surface area contributed by atoms with Gasteiger partial charge in [-0.1, -0.05) is 0 Å². The molecule has 2 atom stereocenters. The molecule has 0 aromatic heterocycles. The highest BCUT2D eigenvalue weighted by molar-refractivity contribution is 5.02. The first-order chi connectivity index (χ1) is 4.93. The molecule has 2 aliphatic heterocycles. The van der Waals surface area contributed by atoms with Crippen LogP contribution in [0.5, 0.6) is 0 Å². The van der Waals surface area contributed by atoms with Crippen LogP contribution in [0.25, 0.3) is 0 Å². The van der Waals surface area contributed by atoms with Crippen LogP contribution in [0.2, 0.25) is 0 Å². The third-order valence-corrected chi connectivity index (χ3v) is 3.11. The molecule has 0 unspecified atom stereocenters. The van der Waals surface area contributed by atoms with Crippen LogP contribution in [0.4, 0.5) is 0 Å². The second kappa shape index (κ2) is 1.74. The van der Waals surface area contributed by atoms with E-state index < -0.39 is 0 Å². The van der Waals surface area contributed by atoms with Crippen molar-refractivity contribution in [3.63, 3.8) is 0 Å². The van der Waals surface area contributed by atoms with Gasteiger partial charge < -0.3 is 5.32 Å². The molecular formula is C8H14N2. The minimum atomic E-state index is 0.852. The van der Waals surface area contributed by atoms with Gasteiger partial charge in [0.05, 0.1) is 0 Å². The fourth-order valence-corrected chi connectivity index (χ4v) is 2.45. The number of piperazine rings is 1. The van der Waals surface area contributed by atoms with Crippen molar-refractivity contribution in [2.24, 2.45) is 0 Å². The van der Waals surface area contributed by atoms with Crippen LogP contribution in [0.3, 0.4) is 0 Å². The molecule has 3 rings (SSSR count). The maximum atomic E-state index is 3.53. The maximum Gasteiger partial charge on any atom is 0.0239 e. The minimum Gasteiger partial charge on any atom is -0.311 e. The lowest BCUT2D eigenvalue weighted by molar-refractivity contribution is 0.216. The predicted octanol–water partition coefficient (Wildman–Crippen LogP) is 0.195. The Balaban J connectivity index is 1.77. The molecule has 2 heterocycles. The van der Waals surface area contributed by atoms with Crippen molar-refractivity contribution in [2.45, 2.75) is 37.4 Å². The monoisotopic (exact) mass is 138 g/mol. The summed E-state index contributed by atoms with van der Waals surface area (Å²) in [6.45, 7) is 2.61. The third kappa shape index (κ3) is 0.663. The fourth-order valence-electron chi connectivity index (χ4n) is 2.45. The Bertz CT molecular complexity index is 153. The van der Waals surface area contributed by atoms with Gasteiger partial charge >= 0.3 is 0 Å². The lowest BCUT2D eigenvalue weighted by Crippen LogP contribution is -2.44. The largest absolute Gasteiger partial charge is 0.311 e. The van der Waals surface area contributed by atoms with E-state index in [-0.39, 0.29) is 0 Å². The summed E-state index contributed by atoms with van der Waals surface area (Å²) in [5.41, 5.74) is 0. The molecule has 0 radical (unpaired) electrons. The van der Waals surface area contributed by atoms with Crippen molar-refractivity contribution in [2.75, 3.05) is 13.1 Å². The lowest BCUT2D eigenvalue weighted by atomic mass is 10.2. The zero-order chi connectivity index (χ0) is 6.55.